The van der Waals surface area contributed by atoms with Gasteiger partial charge in [-0.05, 0) is 13.8 Å². The Balaban J connectivity index is 4.05. The Kier molecular flexibility index (Phi) is 5.11. The lowest BCUT2D eigenvalue weighted by Gasteiger charge is -2.19. The van der Waals surface area contributed by atoms with Crippen molar-refractivity contribution in [2.75, 3.05) is 13.1 Å². The smallest absolute Gasteiger partial charge is 0.306 e. The maximum atomic E-state index is 11.4. The molecule has 0 aliphatic rings. The van der Waals surface area contributed by atoms with Gasteiger partial charge in [-0.15, -0.1) is 0 Å². The van der Waals surface area contributed by atoms with Crippen LogP contribution in [-0.2, 0) is 9.59 Å². The predicted molar refractivity (Wildman–Crippen MR) is 49.3 cm³/mol. The van der Waals surface area contributed by atoms with Gasteiger partial charge in [0.25, 0.3) is 0 Å². The largest absolute Gasteiger partial charge is 0.481 e. The molecule has 0 fully saturated rings. The van der Waals surface area contributed by atoms with E-state index >= 15 is 0 Å². The number of carboxylic acid groups (broad SMARTS) is 1. The second-order valence-corrected chi connectivity index (χ2v) is 3.01. The van der Waals surface area contributed by atoms with Crippen LogP contribution in [0.25, 0.3) is 0 Å². The fourth-order valence-electron chi connectivity index (χ4n) is 1.05. The molecule has 0 aliphatic heterocycles. The van der Waals surface area contributed by atoms with Gasteiger partial charge in [0, 0.05) is 19.5 Å². The van der Waals surface area contributed by atoms with Gasteiger partial charge < -0.3 is 10.0 Å². The Morgan fingerprint density at radius 2 is 1.77 bits per heavy atom. The van der Waals surface area contributed by atoms with Crippen LogP contribution < -0.4 is 0 Å². The topological polar surface area (TPSA) is 57.6 Å². The summed E-state index contributed by atoms with van der Waals surface area (Å²) in [6.45, 7) is 6.59. The van der Waals surface area contributed by atoms with Gasteiger partial charge in [0.05, 0.1) is 5.92 Å². The summed E-state index contributed by atoms with van der Waals surface area (Å²) in [6.07, 6.45) is 0.0943. The van der Waals surface area contributed by atoms with E-state index in [9.17, 15) is 9.59 Å². The van der Waals surface area contributed by atoms with Crippen molar-refractivity contribution in [1.29, 1.82) is 0 Å². The number of amides is 1. The molecule has 0 aliphatic carbocycles. The lowest BCUT2D eigenvalue weighted by atomic mass is 10.1. The molecule has 76 valence electrons. The third-order valence-electron chi connectivity index (χ3n) is 2.02. The lowest BCUT2D eigenvalue weighted by Crippen LogP contribution is -2.32. The highest BCUT2D eigenvalue weighted by molar-refractivity contribution is 5.82. The molecule has 0 saturated carbocycles. The Morgan fingerprint density at radius 3 is 2.08 bits per heavy atom. The number of carbonyl (C=O) groups is 2. The molecule has 0 heterocycles. The van der Waals surface area contributed by atoms with E-state index in [0.717, 1.165) is 0 Å². The summed E-state index contributed by atoms with van der Waals surface area (Å²) >= 11 is 0. The molecule has 1 amide bonds. The van der Waals surface area contributed by atoms with Crippen LogP contribution in [0.2, 0.25) is 0 Å². The molecular weight excluding hydrogens is 170 g/mol. The van der Waals surface area contributed by atoms with Crippen LogP contribution in [0.5, 0.6) is 0 Å². The lowest BCUT2D eigenvalue weighted by molar-refractivity contribution is -0.145. The molecule has 0 aromatic heterocycles. The molecule has 0 rings (SSSR count). The first-order valence-electron chi connectivity index (χ1n) is 4.53. The number of aliphatic carboxylic acids is 1. The van der Waals surface area contributed by atoms with Gasteiger partial charge in [-0.1, -0.05) is 6.92 Å². The number of rotatable bonds is 5. The zero-order valence-corrected chi connectivity index (χ0v) is 8.41. The highest BCUT2D eigenvalue weighted by Crippen LogP contribution is 2.05. The van der Waals surface area contributed by atoms with Gasteiger partial charge >= 0.3 is 5.97 Å². The minimum absolute atomic E-state index is 0.0834. The third kappa shape index (κ3) is 3.92. The highest BCUT2D eigenvalue weighted by atomic mass is 16.4. The first kappa shape index (κ1) is 11.9. The maximum Gasteiger partial charge on any atom is 0.306 e. The van der Waals surface area contributed by atoms with Crippen LogP contribution in [0, 0.1) is 5.92 Å². The van der Waals surface area contributed by atoms with Crippen LogP contribution >= 0.6 is 0 Å². The molecule has 1 N–H and O–H groups in total. The minimum atomic E-state index is -0.916. The second kappa shape index (κ2) is 5.56. The molecule has 0 aromatic carbocycles. The molecule has 4 nitrogen and oxygen atoms in total. The van der Waals surface area contributed by atoms with Crippen molar-refractivity contribution >= 4 is 11.9 Å². The quantitative estimate of drug-likeness (QED) is 0.697. The van der Waals surface area contributed by atoms with E-state index in [4.69, 9.17) is 5.11 Å². The number of nitrogens with zero attached hydrogens (tertiary/aromatic N) is 1. The molecule has 0 saturated heterocycles. The molecule has 0 bridgehead atoms. The zero-order valence-electron chi connectivity index (χ0n) is 8.41. The Hall–Kier alpha value is -1.06. The molecule has 1 unspecified atom stereocenters. The molecule has 13 heavy (non-hydrogen) atoms. The fourth-order valence-corrected chi connectivity index (χ4v) is 1.05. The standard InChI is InChI=1S/C9H17NO3/c1-4-10(5-2)8(11)6-7(3)9(12)13/h7H,4-6H2,1-3H3,(H,12,13). The van der Waals surface area contributed by atoms with Crippen molar-refractivity contribution in [3.63, 3.8) is 0 Å². The summed E-state index contributed by atoms with van der Waals surface area (Å²) in [7, 11) is 0. The van der Waals surface area contributed by atoms with E-state index in [2.05, 4.69) is 0 Å². The summed E-state index contributed by atoms with van der Waals surface area (Å²) < 4.78 is 0. The van der Waals surface area contributed by atoms with Gasteiger partial charge in [-0.3, -0.25) is 9.59 Å². The first-order chi connectivity index (χ1) is 6.02. The second-order valence-electron chi connectivity index (χ2n) is 3.01. The van der Waals surface area contributed by atoms with Crippen molar-refractivity contribution in [2.45, 2.75) is 27.2 Å². The number of carbonyl (C=O) groups excluding carboxylic acids is 1. The zero-order chi connectivity index (χ0) is 10.4. The van der Waals surface area contributed by atoms with Crippen LogP contribution in [0.3, 0.4) is 0 Å². The average Bonchev–Trinajstić information content (AvgIpc) is 2.06. The normalized spacial score (nSPS) is 12.2. The minimum Gasteiger partial charge on any atom is -0.481 e. The van der Waals surface area contributed by atoms with E-state index < -0.39 is 11.9 Å². The van der Waals surface area contributed by atoms with Crippen molar-refractivity contribution in [3.8, 4) is 0 Å². The van der Waals surface area contributed by atoms with Crippen molar-refractivity contribution in [3.05, 3.63) is 0 Å². The van der Waals surface area contributed by atoms with Gasteiger partial charge in [0.2, 0.25) is 5.91 Å². The Morgan fingerprint density at radius 1 is 1.31 bits per heavy atom. The van der Waals surface area contributed by atoms with E-state index in [1.165, 1.54) is 0 Å². The third-order valence-corrected chi connectivity index (χ3v) is 2.02. The number of hydrogen-bond acceptors (Lipinski definition) is 2. The van der Waals surface area contributed by atoms with Gasteiger partial charge in [-0.25, -0.2) is 0 Å². The molecule has 1 atom stereocenters. The summed E-state index contributed by atoms with van der Waals surface area (Å²) in [4.78, 5) is 23.5. The Bertz CT molecular complexity index is 187. The van der Waals surface area contributed by atoms with Crippen molar-refractivity contribution in [2.24, 2.45) is 5.92 Å². The Labute approximate surface area is 78.5 Å². The summed E-state index contributed by atoms with van der Waals surface area (Å²) in [5.41, 5.74) is 0. The summed E-state index contributed by atoms with van der Waals surface area (Å²) in [5, 5.41) is 8.59. The first-order valence-corrected chi connectivity index (χ1v) is 4.53. The molecular formula is C9H17NO3. The highest BCUT2D eigenvalue weighted by Gasteiger charge is 2.18. The molecule has 4 heteroatoms. The van der Waals surface area contributed by atoms with Crippen LogP contribution in [0.15, 0.2) is 0 Å². The van der Waals surface area contributed by atoms with Gasteiger partial charge in [-0.2, -0.15) is 0 Å². The average molecular weight is 187 g/mol. The van der Waals surface area contributed by atoms with Crippen LogP contribution in [-0.4, -0.2) is 35.0 Å². The number of carboxylic acids is 1. The van der Waals surface area contributed by atoms with Crippen LogP contribution in [0.1, 0.15) is 27.2 Å². The van der Waals surface area contributed by atoms with Gasteiger partial charge in [0.15, 0.2) is 0 Å². The van der Waals surface area contributed by atoms with Crippen molar-refractivity contribution in [1.82, 2.24) is 4.90 Å². The molecule has 0 radical (unpaired) electrons. The molecule has 0 aromatic rings. The van der Waals surface area contributed by atoms with Crippen molar-refractivity contribution < 1.29 is 14.7 Å². The SMILES string of the molecule is CCN(CC)C(=O)CC(C)C(=O)O. The fraction of sp³-hybridized carbons (Fsp3) is 0.778. The monoisotopic (exact) mass is 187 g/mol. The van der Waals surface area contributed by atoms with Gasteiger partial charge in [0.1, 0.15) is 0 Å². The molecule has 0 spiro atoms. The maximum absolute atomic E-state index is 11.4. The summed E-state index contributed by atoms with van der Waals surface area (Å²) in [6, 6.07) is 0. The van der Waals surface area contributed by atoms with E-state index in [1.807, 2.05) is 13.8 Å². The van der Waals surface area contributed by atoms with Crippen LogP contribution in [0.4, 0.5) is 0 Å². The van der Waals surface area contributed by atoms with E-state index in [-0.39, 0.29) is 12.3 Å². The number of hydrogen-bond donors (Lipinski definition) is 1. The predicted octanol–water partition coefficient (Wildman–Crippen LogP) is 0.966. The summed E-state index contributed by atoms with van der Waals surface area (Å²) in [5.74, 6) is -1.59. The van der Waals surface area contributed by atoms with E-state index in [1.54, 1.807) is 11.8 Å². The van der Waals surface area contributed by atoms with E-state index in [0.29, 0.717) is 13.1 Å².